The second kappa shape index (κ2) is 9.01. The SMILES string of the molecule is CN1CCN(c2nc(N)nc(CCCSCc3ccccc3)n2)CC1. The molecule has 0 unspecified atom stereocenters. The normalized spacial score (nSPS) is 15.5. The number of benzene rings is 1. The number of anilines is 2. The van der Waals surface area contributed by atoms with Crippen LogP contribution in [0.15, 0.2) is 30.3 Å². The van der Waals surface area contributed by atoms with Gasteiger partial charge in [0, 0.05) is 38.4 Å². The highest BCUT2D eigenvalue weighted by Gasteiger charge is 2.17. The van der Waals surface area contributed by atoms with Crippen LogP contribution in [0.25, 0.3) is 0 Å². The van der Waals surface area contributed by atoms with Crippen LogP contribution in [0, 0.1) is 0 Å². The van der Waals surface area contributed by atoms with Crippen LogP contribution in [0.2, 0.25) is 0 Å². The lowest BCUT2D eigenvalue weighted by molar-refractivity contribution is 0.311. The van der Waals surface area contributed by atoms with E-state index < -0.39 is 0 Å². The molecule has 1 aromatic heterocycles. The third-order valence-corrected chi connectivity index (χ3v) is 5.39. The lowest BCUT2D eigenvalue weighted by Crippen LogP contribution is -2.45. The van der Waals surface area contributed by atoms with Gasteiger partial charge in [-0.05, 0) is 24.8 Å². The van der Waals surface area contributed by atoms with E-state index >= 15 is 0 Å². The molecule has 1 saturated heterocycles. The number of nitrogen functional groups attached to an aromatic ring is 1. The van der Waals surface area contributed by atoms with Gasteiger partial charge in [-0.25, -0.2) is 0 Å². The summed E-state index contributed by atoms with van der Waals surface area (Å²) in [5.41, 5.74) is 7.26. The maximum absolute atomic E-state index is 5.90. The topological polar surface area (TPSA) is 71.2 Å². The number of aromatic nitrogens is 3. The molecule has 25 heavy (non-hydrogen) atoms. The number of likely N-dealkylation sites (N-methyl/N-ethyl adjacent to an activating group) is 1. The standard InChI is InChI=1S/C18H26N6S/c1-23-9-11-24(12-10-23)18-21-16(20-17(19)22-18)8-5-13-25-14-15-6-3-2-4-7-15/h2-4,6-7H,5,8-14H2,1H3,(H2,19,20,21,22). The van der Waals surface area contributed by atoms with E-state index in [9.17, 15) is 0 Å². The lowest BCUT2D eigenvalue weighted by atomic mass is 10.2. The molecule has 7 heteroatoms. The second-order valence-corrected chi connectivity index (χ2v) is 7.45. The van der Waals surface area contributed by atoms with E-state index in [-0.39, 0.29) is 0 Å². The number of nitrogens with zero attached hydrogens (tertiary/aromatic N) is 5. The van der Waals surface area contributed by atoms with Gasteiger partial charge in [-0.3, -0.25) is 0 Å². The van der Waals surface area contributed by atoms with E-state index in [1.807, 2.05) is 11.8 Å². The monoisotopic (exact) mass is 358 g/mol. The van der Waals surface area contributed by atoms with Crippen molar-refractivity contribution < 1.29 is 0 Å². The molecule has 6 nitrogen and oxygen atoms in total. The van der Waals surface area contributed by atoms with Crippen molar-refractivity contribution in [1.82, 2.24) is 19.9 Å². The molecule has 0 radical (unpaired) electrons. The molecule has 1 aliphatic heterocycles. The minimum absolute atomic E-state index is 0.330. The molecule has 134 valence electrons. The summed E-state index contributed by atoms with van der Waals surface area (Å²) in [6, 6.07) is 10.6. The third-order valence-electron chi connectivity index (χ3n) is 4.27. The molecule has 0 atom stereocenters. The Morgan fingerprint density at radius 1 is 1.04 bits per heavy atom. The van der Waals surface area contributed by atoms with Crippen molar-refractivity contribution >= 4 is 23.7 Å². The molecule has 1 fully saturated rings. The third kappa shape index (κ3) is 5.57. The van der Waals surface area contributed by atoms with Crippen molar-refractivity contribution in [3.63, 3.8) is 0 Å². The van der Waals surface area contributed by atoms with Gasteiger partial charge in [0.2, 0.25) is 11.9 Å². The van der Waals surface area contributed by atoms with E-state index in [2.05, 4.69) is 62.1 Å². The summed E-state index contributed by atoms with van der Waals surface area (Å²) in [4.78, 5) is 17.8. The minimum Gasteiger partial charge on any atom is -0.368 e. The van der Waals surface area contributed by atoms with Crippen molar-refractivity contribution in [1.29, 1.82) is 0 Å². The van der Waals surface area contributed by atoms with Crippen molar-refractivity contribution in [3.05, 3.63) is 41.7 Å². The Labute approximate surface area is 153 Å². The number of thioether (sulfide) groups is 1. The smallest absolute Gasteiger partial charge is 0.230 e. The zero-order valence-electron chi connectivity index (χ0n) is 14.8. The molecule has 3 rings (SSSR count). The molecule has 2 aromatic rings. The Kier molecular flexibility index (Phi) is 6.47. The average molecular weight is 359 g/mol. The lowest BCUT2D eigenvalue weighted by Gasteiger charge is -2.32. The Bertz CT molecular complexity index is 658. The fourth-order valence-corrected chi connectivity index (χ4v) is 3.70. The quantitative estimate of drug-likeness (QED) is 0.760. The molecule has 0 aliphatic carbocycles. The van der Waals surface area contributed by atoms with Gasteiger partial charge in [-0.15, -0.1) is 0 Å². The highest BCUT2D eigenvalue weighted by Crippen LogP contribution is 2.15. The van der Waals surface area contributed by atoms with Crippen LogP contribution in [0.3, 0.4) is 0 Å². The summed E-state index contributed by atoms with van der Waals surface area (Å²) >= 11 is 1.94. The minimum atomic E-state index is 0.330. The van der Waals surface area contributed by atoms with Crippen LogP contribution < -0.4 is 10.6 Å². The van der Waals surface area contributed by atoms with E-state index in [0.29, 0.717) is 5.95 Å². The highest BCUT2D eigenvalue weighted by atomic mass is 32.2. The van der Waals surface area contributed by atoms with Gasteiger partial charge in [0.05, 0.1) is 0 Å². The van der Waals surface area contributed by atoms with Crippen molar-refractivity contribution in [3.8, 4) is 0 Å². The molecule has 1 aromatic carbocycles. The van der Waals surface area contributed by atoms with E-state index in [4.69, 9.17) is 5.73 Å². The largest absolute Gasteiger partial charge is 0.368 e. The molecular weight excluding hydrogens is 332 g/mol. The zero-order chi connectivity index (χ0) is 17.5. The van der Waals surface area contributed by atoms with Crippen LogP contribution in [0.1, 0.15) is 17.8 Å². The summed E-state index contributed by atoms with van der Waals surface area (Å²) in [6.07, 6.45) is 1.89. The molecule has 2 heterocycles. The maximum atomic E-state index is 5.90. The van der Waals surface area contributed by atoms with E-state index in [0.717, 1.165) is 62.3 Å². The molecule has 0 bridgehead atoms. The first-order valence-corrected chi connectivity index (χ1v) is 9.92. The number of aryl methyl sites for hydroxylation is 1. The zero-order valence-corrected chi connectivity index (χ0v) is 15.6. The van der Waals surface area contributed by atoms with Gasteiger partial charge in [0.25, 0.3) is 0 Å². The van der Waals surface area contributed by atoms with Gasteiger partial charge >= 0.3 is 0 Å². The van der Waals surface area contributed by atoms with Gasteiger partial charge in [-0.2, -0.15) is 26.7 Å². The van der Waals surface area contributed by atoms with E-state index in [1.165, 1.54) is 5.56 Å². The first kappa shape index (κ1) is 17.9. The number of piperazine rings is 1. The molecule has 0 spiro atoms. The molecule has 0 amide bonds. The Morgan fingerprint density at radius 2 is 1.80 bits per heavy atom. The van der Waals surface area contributed by atoms with E-state index in [1.54, 1.807) is 0 Å². The van der Waals surface area contributed by atoms with Crippen molar-refractivity contribution in [2.45, 2.75) is 18.6 Å². The van der Waals surface area contributed by atoms with Crippen LogP contribution in [-0.2, 0) is 12.2 Å². The first-order chi connectivity index (χ1) is 12.2. The van der Waals surface area contributed by atoms with Crippen LogP contribution in [0.5, 0.6) is 0 Å². The second-order valence-electron chi connectivity index (χ2n) is 6.34. The van der Waals surface area contributed by atoms with Gasteiger partial charge in [0.1, 0.15) is 5.82 Å². The predicted molar refractivity (Wildman–Crippen MR) is 105 cm³/mol. The molecule has 0 saturated carbocycles. The number of hydrogen-bond acceptors (Lipinski definition) is 7. The van der Waals surface area contributed by atoms with Crippen LogP contribution >= 0.6 is 11.8 Å². The molecule has 1 aliphatic rings. The molecule has 2 N–H and O–H groups in total. The van der Waals surface area contributed by atoms with Gasteiger partial charge < -0.3 is 15.5 Å². The summed E-state index contributed by atoms with van der Waals surface area (Å²) in [5.74, 6) is 4.00. The van der Waals surface area contributed by atoms with Crippen LogP contribution in [0.4, 0.5) is 11.9 Å². The fourth-order valence-electron chi connectivity index (χ4n) is 2.78. The summed E-state index contributed by atoms with van der Waals surface area (Å²) < 4.78 is 0. The summed E-state index contributed by atoms with van der Waals surface area (Å²) in [5, 5.41) is 0. The Balaban J connectivity index is 1.47. The number of nitrogens with two attached hydrogens (primary N) is 1. The van der Waals surface area contributed by atoms with Crippen molar-refractivity contribution in [2.75, 3.05) is 49.6 Å². The first-order valence-electron chi connectivity index (χ1n) is 8.76. The van der Waals surface area contributed by atoms with Gasteiger partial charge in [-0.1, -0.05) is 30.3 Å². The summed E-state index contributed by atoms with van der Waals surface area (Å²) in [7, 11) is 2.14. The Hall–Kier alpha value is -1.86. The number of hydrogen-bond donors (Lipinski definition) is 1. The summed E-state index contributed by atoms with van der Waals surface area (Å²) in [6.45, 7) is 3.92. The molecular formula is C18H26N6S. The van der Waals surface area contributed by atoms with Gasteiger partial charge in [0.15, 0.2) is 0 Å². The average Bonchev–Trinajstić information content (AvgIpc) is 2.62. The van der Waals surface area contributed by atoms with Crippen molar-refractivity contribution in [2.24, 2.45) is 0 Å². The maximum Gasteiger partial charge on any atom is 0.230 e. The highest BCUT2D eigenvalue weighted by molar-refractivity contribution is 7.98. The Morgan fingerprint density at radius 3 is 2.56 bits per heavy atom. The fraction of sp³-hybridized carbons (Fsp3) is 0.500. The number of rotatable bonds is 7. The van der Waals surface area contributed by atoms with Crippen LogP contribution in [-0.4, -0.2) is 58.8 Å². The predicted octanol–water partition coefficient (Wildman–Crippen LogP) is 2.07.